The van der Waals surface area contributed by atoms with Crippen molar-refractivity contribution in [2.24, 2.45) is 0 Å². The minimum Gasteiger partial charge on any atom is -0.351 e. The van der Waals surface area contributed by atoms with Crippen LogP contribution in [0.5, 0.6) is 0 Å². The molecule has 1 heterocycles. The molecule has 0 aliphatic carbocycles. The van der Waals surface area contributed by atoms with Crippen LogP contribution in [0.3, 0.4) is 0 Å². The largest absolute Gasteiger partial charge is 0.351 e. The van der Waals surface area contributed by atoms with Gasteiger partial charge in [-0.3, -0.25) is 4.79 Å². The Labute approximate surface area is 94.4 Å². The third-order valence-electron chi connectivity index (χ3n) is 1.39. The Bertz CT molecular complexity index is 289. The van der Waals surface area contributed by atoms with Gasteiger partial charge in [0.1, 0.15) is 0 Å². The molecule has 1 rings (SSSR count). The molecule has 2 nitrogen and oxygen atoms in total. The average molecular weight is 283 g/mol. The van der Waals surface area contributed by atoms with Crippen LogP contribution in [0.15, 0.2) is 12.1 Å². The first-order valence-electron chi connectivity index (χ1n) is 3.83. The molecule has 0 bridgehead atoms. The molecule has 0 radical (unpaired) electrons. The van der Waals surface area contributed by atoms with E-state index in [4.69, 9.17) is 11.6 Å². The van der Waals surface area contributed by atoms with Gasteiger partial charge >= 0.3 is 0 Å². The number of rotatable bonds is 4. The van der Waals surface area contributed by atoms with Crippen LogP contribution in [0.4, 0.5) is 0 Å². The first-order valence-corrected chi connectivity index (χ1v) is 6.15. The van der Waals surface area contributed by atoms with Crippen LogP contribution in [0.2, 0.25) is 4.34 Å². The lowest BCUT2D eigenvalue weighted by molar-refractivity contribution is 0.0958. The predicted octanol–water partition coefficient (Wildman–Crippen LogP) is 2.92. The predicted molar refractivity (Wildman–Crippen MR) is 60.1 cm³/mol. The van der Waals surface area contributed by atoms with Gasteiger partial charge in [0.05, 0.1) is 9.21 Å². The van der Waals surface area contributed by atoms with Gasteiger partial charge in [0.15, 0.2) is 0 Å². The summed E-state index contributed by atoms with van der Waals surface area (Å²) in [6.45, 7) is 0.694. The summed E-state index contributed by atoms with van der Waals surface area (Å²) in [5.41, 5.74) is 0. The molecule has 0 aromatic carbocycles. The summed E-state index contributed by atoms with van der Waals surface area (Å²) < 4.78 is 0.644. The molecule has 72 valence electrons. The van der Waals surface area contributed by atoms with Crippen molar-refractivity contribution < 1.29 is 4.79 Å². The fraction of sp³-hybridized carbons (Fsp3) is 0.375. The Kier molecular flexibility index (Phi) is 4.77. The van der Waals surface area contributed by atoms with Gasteiger partial charge < -0.3 is 5.32 Å². The van der Waals surface area contributed by atoms with Crippen molar-refractivity contribution in [2.45, 2.75) is 6.42 Å². The summed E-state index contributed by atoms with van der Waals surface area (Å²) in [4.78, 5) is 12.0. The van der Waals surface area contributed by atoms with E-state index in [9.17, 15) is 4.79 Å². The number of nitrogens with one attached hydrogen (secondary N) is 1. The molecule has 13 heavy (non-hydrogen) atoms. The Hall–Kier alpha value is -0.0600. The maximum atomic E-state index is 11.4. The summed E-state index contributed by atoms with van der Waals surface area (Å²) >= 11 is 10.3. The summed E-state index contributed by atoms with van der Waals surface area (Å²) in [7, 11) is 0. The summed E-state index contributed by atoms with van der Waals surface area (Å²) in [6.07, 6.45) is 0.935. The van der Waals surface area contributed by atoms with Gasteiger partial charge in [-0.1, -0.05) is 27.5 Å². The van der Waals surface area contributed by atoms with Crippen molar-refractivity contribution in [1.29, 1.82) is 0 Å². The Morgan fingerprint density at radius 1 is 1.62 bits per heavy atom. The fourth-order valence-corrected chi connectivity index (χ4v) is 2.03. The van der Waals surface area contributed by atoms with Gasteiger partial charge in [-0.25, -0.2) is 0 Å². The quantitative estimate of drug-likeness (QED) is 0.668. The lowest BCUT2D eigenvalue weighted by Crippen LogP contribution is -2.23. The zero-order valence-electron chi connectivity index (χ0n) is 6.85. The summed E-state index contributed by atoms with van der Waals surface area (Å²) in [6, 6.07) is 3.46. The molecule has 0 atom stereocenters. The minimum atomic E-state index is -0.0437. The highest BCUT2D eigenvalue weighted by Crippen LogP contribution is 2.20. The van der Waals surface area contributed by atoms with Gasteiger partial charge in [-0.2, -0.15) is 0 Å². The van der Waals surface area contributed by atoms with Crippen molar-refractivity contribution in [3.8, 4) is 0 Å². The van der Waals surface area contributed by atoms with Gasteiger partial charge in [0.2, 0.25) is 0 Å². The first-order chi connectivity index (χ1) is 6.24. The smallest absolute Gasteiger partial charge is 0.261 e. The number of amides is 1. The third-order valence-corrected chi connectivity index (χ3v) is 3.18. The standard InChI is InChI=1S/C8H9BrClNOS/c9-4-1-5-11-8(12)6-2-3-7(10)13-6/h2-3H,1,4-5H2,(H,11,12). The van der Waals surface area contributed by atoms with Gasteiger partial charge in [0.25, 0.3) is 5.91 Å². The highest BCUT2D eigenvalue weighted by atomic mass is 79.9. The fourth-order valence-electron chi connectivity index (χ4n) is 0.792. The molecular formula is C8H9BrClNOS. The lowest BCUT2D eigenvalue weighted by atomic mass is 10.4. The van der Waals surface area contributed by atoms with Crippen LogP contribution in [-0.4, -0.2) is 17.8 Å². The molecule has 0 saturated heterocycles. The van der Waals surface area contributed by atoms with E-state index in [1.54, 1.807) is 12.1 Å². The maximum Gasteiger partial charge on any atom is 0.261 e. The van der Waals surface area contributed by atoms with Crippen LogP contribution in [0.1, 0.15) is 16.1 Å². The third kappa shape index (κ3) is 3.67. The van der Waals surface area contributed by atoms with E-state index < -0.39 is 0 Å². The molecule has 0 fully saturated rings. The molecule has 5 heteroatoms. The van der Waals surface area contributed by atoms with Crippen molar-refractivity contribution in [3.63, 3.8) is 0 Å². The number of thiophene rings is 1. The first kappa shape index (κ1) is 11.0. The van der Waals surface area contributed by atoms with Gasteiger partial charge in [0, 0.05) is 11.9 Å². The van der Waals surface area contributed by atoms with Crippen LogP contribution in [-0.2, 0) is 0 Å². The number of halogens is 2. The number of carbonyl (C=O) groups excluding carboxylic acids is 1. The normalized spacial score (nSPS) is 10.0. The van der Waals surface area contributed by atoms with E-state index in [0.717, 1.165) is 11.8 Å². The van der Waals surface area contributed by atoms with Crippen molar-refractivity contribution in [2.75, 3.05) is 11.9 Å². The summed E-state index contributed by atoms with van der Waals surface area (Å²) in [5, 5.41) is 3.70. The van der Waals surface area contributed by atoms with Crippen LogP contribution in [0.25, 0.3) is 0 Å². The number of carbonyl (C=O) groups is 1. The van der Waals surface area contributed by atoms with E-state index in [-0.39, 0.29) is 5.91 Å². The van der Waals surface area contributed by atoms with E-state index in [1.807, 2.05) is 0 Å². The monoisotopic (exact) mass is 281 g/mol. The van der Waals surface area contributed by atoms with Crippen molar-refractivity contribution in [1.82, 2.24) is 5.32 Å². The highest BCUT2D eigenvalue weighted by Gasteiger charge is 2.06. The molecule has 1 N–H and O–H groups in total. The zero-order valence-corrected chi connectivity index (χ0v) is 10.0. The Morgan fingerprint density at radius 3 is 2.92 bits per heavy atom. The Morgan fingerprint density at radius 2 is 2.38 bits per heavy atom. The molecule has 0 saturated carbocycles. The van der Waals surface area contributed by atoms with E-state index in [2.05, 4.69) is 21.2 Å². The molecule has 0 spiro atoms. The molecule has 1 aromatic heterocycles. The maximum absolute atomic E-state index is 11.4. The average Bonchev–Trinajstić information content (AvgIpc) is 2.52. The number of hydrogen-bond donors (Lipinski definition) is 1. The number of alkyl halides is 1. The lowest BCUT2D eigenvalue weighted by Gasteiger charge is -2.00. The second-order valence-electron chi connectivity index (χ2n) is 2.40. The molecule has 1 aromatic rings. The molecule has 1 amide bonds. The minimum absolute atomic E-state index is 0.0437. The second-order valence-corrected chi connectivity index (χ2v) is 4.91. The van der Waals surface area contributed by atoms with Gasteiger partial charge in [-0.15, -0.1) is 11.3 Å². The van der Waals surface area contributed by atoms with Crippen LogP contribution >= 0.6 is 38.9 Å². The van der Waals surface area contributed by atoms with Crippen LogP contribution in [0, 0.1) is 0 Å². The molecule has 0 aliphatic heterocycles. The molecule has 0 unspecified atom stereocenters. The van der Waals surface area contributed by atoms with E-state index in [0.29, 0.717) is 15.8 Å². The molecular weight excluding hydrogens is 274 g/mol. The molecule has 0 aliphatic rings. The van der Waals surface area contributed by atoms with E-state index in [1.165, 1.54) is 11.3 Å². The summed E-state index contributed by atoms with van der Waals surface area (Å²) in [5.74, 6) is -0.0437. The second kappa shape index (κ2) is 5.62. The zero-order chi connectivity index (χ0) is 9.68. The Balaban J connectivity index is 2.40. The number of hydrogen-bond acceptors (Lipinski definition) is 2. The van der Waals surface area contributed by atoms with Crippen molar-refractivity contribution in [3.05, 3.63) is 21.3 Å². The van der Waals surface area contributed by atoms with Crippen molar-refractivity contribution >= 4 is 44.8 Å². The highest BCUT2D eigenvalue weighted by molar-refractivity contribution is 9.09. The van der Waals surface area contributed by atoms with Crippen LogP contribution < -0.4 is 5.32 Å². The van der Waals surface area contributed by atoms with E-state index >= 15 is 0 Å². The topological polar surface area (TPSA) is 29.1 Å². The van der Waals surface area contributed by atoms with Gasteiger partial charge in [-0.05, 0) is 18.6 Å². The SMILES string of the molecule is O=C(NCCCBr)c1ccc(Cl)s1.